The Balaban J connectivity index is 3.63. The minimum atomic E-state index is -0.338. The third-order valence-electron chi connectivity index (χ3n) is 1.53. The van der Waals surface area contributed by atoms with Gasteiger partial charge in [-0.15, -0.1) is 0 Å². The minimum absolute atomic E-state index is 0.285. The van der Waals surface area contributed by atoms with Crippen molar-refractivity contribution < 1.29 is 9.53 Å². The number of methoxy groups -OCH3 is 1. The Morgan fingerprint density at radius 3 is 2.33 bits per heavy atom. The maximum atomic E-state index is 10.1. The molecule has 0 aliphatic rings. The lowest BCUT2D eigenvalue weighted by molar-refractivity contribution is 0.107. The zero-order chi connectivity index (χ0) is 7.28. The normalized spacial score (nSPS) is 16.8. The van der Waals surface area contributed by atoms with E-state index < -0.39 is 0 Å². The molecule has 0 aliphatic heterocycles. The highest BCUT2D eigenvalue weighted by Crippen LogP contribution is 2.07. The number of hydrogen-bond donors (Lipinski definition) is 0. The van der Waals surface area contributed by atoms with Crippen LogP contribution in [-0.2, 0) is 9.53 Å². The number of rotatable bonds is 4. The van der Waals surface area contributed by atoms with E-state index in [-0.39, 0.29) is 12.0 Å². The second-order valence-corrected chi connectivity index (χ2v) is 2.16. The van der Waals surface area contributed by atoms with Crippen molar-refractivity contribution >= 4 is 6.29 Å². The maximum Gasteiger partial charge on any atom is 0.230 e. The first-order valence-corrected chi connectivity index (χ1v) is 3.16. The molecule has 0 N–H and O–H groups in total. The lowest BCUT2D eigenvalue weighted by atomic mass is 10.0. The zero-order valence-electron chi connectivity index (χ0n) is 6.18. The van der Waals surface area contributed by atoms with Crippen molar-refractivity contribution in [2.45, 2.75) is 26.4 Å². The Morgan fingerprint density at radius 1 is 1.67 bits per heavy atom. The van der Waals surface area contributed by atoms with Crippen LogP contribution in [0.1, 0.15) is 20.3 Å². The summed E-state index contributed by atoms with van der Waals surface area (Å²) in [6.45, 7) is 3.99. The van der Waals surface area contributed by atoms with Crippen LogP contribution in [0.3, 0.4) is 0 Å². The van der Waals surface area contributed by atoms with Crippen LogP contribution >= 0.6 is 0 Å². The molecule has 0 heterocycles. The van der Waals surface area contributed by atoms with Gasteiger partial charge in [-0.3, -0.25) is 4.79 Å². The first kappa shape index (κ1) is 8.63. The van der Waals surface area contributed by atoms with Crippen LogP contribution in [0.5, 0.6) is 0 Å². The van der Waals surface area contributed by atoms with Crippen LogP contribution in [0.25, 0.3) is 0 Å². The molecule has 0 fully saturated rings. The van der Waals surface area contributed by atoms with E-state index in [0.29, 0.717) is 0 Å². The fraction of sp³-hybridized carbons (Fsp3) is 0.857. The molecule has 0 aromatic heterocycles. The number of carbonyl (C=O) groups excluding carboxylic acids is 1. The van der Waals surface area contributed by atoms with Gasteiger partial charge in [0, 0.05) is 7.11 Å². The van der Waals surface area contributed by atoms with Gasteiger partial charge < -0.3 is 4.74 Å². The van der Waals surface area contributed by atoms with E-state index >= 15 is 0 Å². The summed E-state index contributed by atoms with van der Waals surface area (Å²) in [5.74, 6) is 0.285. The topological polar surface area (TPSA) is 26.3 Å². The lowest BCUT2D eigenvalue weighted by Crippen LogP contribution is -2.20. The van der Waals surface area contributed by atoms with Crippen molar-refractivity contribution in [3.8, 4) is 0 Å². The lowest BCUT2D eigenvalue weighted by Gasteiger charge is -2.12. The van der Waals surface area contributed by atoms with Gasteiger partial charge >= 0.3 is 0 Å². The number of hydrogen-bond acceptors (Lipinski definition) is 2. The summed E-state index contributed by atoms with van der Waals surface area (Å²) in [6.07, 6.45) is 2.44. The minimum Gasteiger partial charge on any atom is -0.373 e. The summed E-state index contributed by atoms with van der Waals surface area (Å²) in [5, 5.41) is 0. The van der Waals surface area contributed by atoms with Gasteiger partial charge in [0.05, 0.1) is 0 Å². The second-order valence-electron chi connectivity index (χ2n) is 2.16. The Labute approximate surface area is 56.2 Å². The highest BCUT2D eigenvalue weighted by atomic mass is 16.5. The van der Waals surface area contributed by atoms with E-state index in [9.17, 15) is 4.79 Å². The molecule has 0 aromatic rings. The monoisotopic (exact) mass is 129 g/mol. The average molecular weight is 129 g/mol. The van der Waals surface area contributed by atoms with E-state index in [1.54, 1.807) is 0 Å². The Morgan fingerprint density at radius 2 is 2.22 bits per heavy atom. The van der Waals surface area contributed by atoms with Crippen molar-refractivity contribution in [2.75, 3.05) is 7.11 Å². The SMILES string of the molecule is CCC(C)C([C]=O)OC. The summed E-state index contributed by atoms with van der Waals surface area (Å²) in [6, 6.07) is 0. The third kappa shape index (κ3) is 2.61. The molecule has 0 saturated carbocycles. The first-order valence-electron chi connectivity index (χ1n) is 3.16. The predicted octanol–water partition coefficient (Wildman–Crippen LogP) is 1.16. The van der Waals surface area contributed by atoms with Gasteiger partial charge in [0.1, 0.15) is 6.10 Å². The van der Waals surface area contributed by atoms with Gasteiger partial charge in [-0.1, -0.05) is 20.3 Å². The molecular weight excluding hydrogens is 116 g/mol. The van der Waals surface area contributed by atoms with E-state index in [0.717, 1.165) is 6.42 Å². The maximum absolute atomic E-state index is 10.1. The molecule has 0 aliphatic carbocycles. The van der Waals surface area contributed by atoms with Crippen LogP contribution in [0.4, 0.5) is 0 Å². The first-order chi connectivity index (χ1) is 4.26. The molecule has 2 atom stereocenters. The Bertz CT molecular complexity index is 81.0. The van der Waals surface area contributed by atoms with Gasteiger partial charge in [-0.05, 0) is 5.92 Å². The van der Waals surface area contributed by atoms with E-state index in [1.165, 1.54) is 7.11 Å². The van der Waals surface area contributed by atoms with Crippen LogP contribution in [-0.4, -0.2) is 19.5 Å². The van der Waals surface area contributed by atoms with Crippen LogP contribution in [0.2, 0.25) is 0 Å². The average Bonchev–Trinajstić information content (AvgIpc) is 1.90. The van der Waals surface area contributed by atoms with Gasteiger partial charge in [-0.2, -0.15) is 0 Å². The molecule has 9 heavy (non-hydrogen) atoms. The molecule has 0 aromatic carbocycles. The van der Waals surface area contributed by atoms with Crippen molar-refractivity contribution in [3.63, 3.8) is 0 Å². The van der Waals surface area contributed by atoms with E-state index in [1.807, 2.05) is 20.1 Å². The van der Waals surface area contributed by atoms with E-state index in [4.69, 9.17) is 4.74 Å². The summed E-state index contributed by atoms with van der Waals surface area (Å²) < 4.78 is 4.83. The molecule has 0 amide bonds. The molecule has 1 radical (unpaired) electrons. The number of ether oxygens (including phenoxy) is 1. The fourth-order valence-corrected chi connectivity index (χ4v) is 0.611. The third-order valence-corrected chi connectivity index (χ3v) is 1.53. The quantitative estimate of drug-likeness (QED) is 0.569. The van der Waals surface area contributed by atoms with Gasteiger partial charge in [0.25, 0.3) is 0 Å². The van der Waals surface area contributed by atoms with Gasteiger partial charge in [0.15, 0.2) is 0 Å². The van der Waals surface area contributed by atoms with Crippen molar-refractivity contribution in [2.24, 2.45) is 5.92 Å². The fourth-order valence-electron chi connectivity index (χ4n) is 0.611. The standard InChI is InChI=1S/C7H13O2/c1-4-6(2)7(5-8)9-3/h6-7H,4H2,1-3H3. The van der Waals surface area contributed by atoms with Gasteiger partial charge in [-0.25, -0.2) is 0 Å². The molecule has 0 saturated heterocycles. The molecule has 0 spiro atoms. The molecule has 2 heteroatoms. The molecule has 0 rings (SSSR count). The molecular formula is C7H13O2. The molecule has 53 valence electrons. The molecule has 2 nitrogen and oxygen atoms in total. The summed E-state index contributed by atoms with van der Waals surface area (Å²) in [5.41, 5.74) is 0. The Hall–Kier alpha value is -0.370. The summed E-state index contributed by atoms with van der Waals surface area (Å²) >= 11 is 0. The van der Waals surface area contributed by atoms with Crippen molar-refractivity contribution in [1.29, 1.82) is 0 Å². The predicted molar refractivity (Wildman–Crippen MR) is 35.9 cm³/mol. The second kappa shape index (κ2) is 4.50. The Kier molecular flexibility index (Phi) is 4.32. The largest absolute Gasteiger partial charge is 0.373 e. The van der Waals surface area contributed by atoms with Crippen LogP contribution in [0.15, 0.2) is 0 Å². The van der Waals surface area contributed by atoms with Crippen LogP contribution in [0, 0.1) is 5.92 Å². The summed E-state index contributed by atoms with van der Waals surface area (Å²) in [4.78, 5) is 10.1. The van der Waals surface area contributed by atoms with Crippen molar-refractivity contribution in [3.05, 3.63) is 0 Å². The molecule has 0 bridgehead atoms. The highest BCUT2D eigenvalue weighted by Gasteiger charge is 2.13. The highest BCUT2D eigenvalue weighted by molar-refractivity contribution is 5.57. The van der Waals surface area contributed by atoms with Crippen molar-refractivity contribution in [1.82, 2.24) is 0 Å². The van der Waals surface area contributed by atoms with Gasteiger partial charge in [0.2, 0.25) is 6.29 Å². The smallest absolute Gasteiger partial charge is 0.230 e. The summed E-state index contributed by atoms with van der Waals surface area (Å²) in [7, 11) is 1.53. The zero-order valence-corrected chi connectivity index (χ0v) is 6.18. The van der Waals surface area contributed by atoms with E-state index in [2.05, 4.69) is 0 Å². The molecule has 2 unspecified atom stereocenters. The van der Waals surface area contributed by atoms with Crippen LogP contribution < -0.4 is 0 Å².